The Morgan fingerprint density at radius 1 is 1.19 bits per heavy atom. The van der Waals surface area contributed by atoms with Crippen molar-refractivity contribution in [3.63, 3.8) is 0 Å². The highest BCUT2D eigenvalue weighted by Gasteiger charge is 2.38. The van der Waals surface area contributed by atoms with E-state index < -0.39 is 23.9 Å². The Hall–Kier alpha value is -4.09. The third-order valence-electron chi connectivity index (χ3n) is 6.09. The number of aryl methyl sites for hydroxylation is 1. The fourth-order valence-electron chi connectivity index (χ4n) is 3.85. The lowest BCUT2D eigenvalue weighted by molar-refractivity contribution is -0.162. The molecule has 3 heterocycles. The molecule has 1 aliphatic carbocycles. The highest BCUT2D eigenvalue weighted by atomic mass is 19.4. The van der Waals surface area contributed by atoms with E-state index in [2.05, 4.69) is 25.5 Å². The molecule has 0 bridgehead atoms. The van der Waals surface area contributed by atoms with Gasteiger partial charge in [0, 0.05) is 12.1 Å². The van der Waals surface area contributed by atoms with Gasteiger partial charge in [-0.1, -0.05) is 6.07 Å². The van der Waals surface area contributed by atoms with E-state index >= 15 is 0 Å². The molecule has 186 valence electrons. The molecule has 1 fully saturated rings. The van der Waals surface area contributed by atoms with Crippen LogP contribution < -0.4 is 5.32 Å². The normalized spacial score (nSPS) is 14.6. The maximum absolute atomic E-state index is 14.8. The van der Waals surface area contributed by atoms with E-state index in [-0.39, 0.29) is 22.9 Å². The molecule has 1 amide bonds. The number of halogens is 4. The first-order valence-corrected chi connectivity index (χ1v) is 11.2. The largest absolute Gasteiger partial charge is 0.408 e. The van der Waals surface area contributed by atoms with Gasteiger partial charge >= 0.3 is 6.18 Å². The Bertz CT molecular complexity index is 1440. The highest BCUT2D eigenvalue weighted by Crippen LogP contribution is 2.39. The van der Waals surface area contributed by atoms with Crippen LogP contribution in [-0.4, -0.2) is 41.4 Å². The Morgan fingerprint density at radius 2 is 1.97 bits per heavy atom. The number of amides is 1. The van der Waals surface area contributed by atoms with Crippen molar-refractivity contribution in [3.05, 3.63) is 71.8 Å². The van der Waals surface area contributed by atoms with Gasteiger partial charge in [-0.3, -0.25) is 4.79 Å². The molecule has 5 rings (SSSR count). The van der Waals surface area contributed by atoms with Crippen LogP contribution in [0.2, 0.25) is 0 Å². The third kappa shape index (κ3) is 4.58. The zero-order valence-electron chi connectivity index (χ0n) is 19.3. The van der Waals surface area contributed by atoms with Gasteiger partial charge in [0.25, 0.3) is 5.91 Å². The maximum Gasteiger partial charge on any atom is 0.408 e. The van der Waals surface area contributed by atoms with Crippen LogP contribution >= 0.6 is 0 Å². The van der Waals surface area contributed by atoms with Crippen molar-refractivity contribution in [3.8, 4) is 17.2 Å². The molecule has 0 radical (unpaired) electrons. The van der Waals surface area contributed by atoms with E-state index in [1.54, 1.807) is 17.8 Å². The molecule has 1 saturated carbocycles. The number of benzene rings is 1. The molecule has 1 aromatic carbocycles. The van der Waals surface area contributed by atoms with Crippen LogP contribution in [0.15, 0.2) is 49.2 Å². The first-order chi connectivity index (χ1) is 17.1. The summed E-state index contributed by atoms with van der Waals surface area (Å²) in [5.41, 5.74) is 2.05. The summed E-state index contributed by atoms with van der Waals surface area (Å²) in [5, 5.41) is 9.85. The Labute approximate surface area is 203 Å². The van der Waals surface area contributed by atoms with Crippen LogP contribution in [0.1, 0.15) is 53.3 Å². The molecule has 0 spiro atoms. The van der Waals surface area contributed by atoms with Gasteiger partial charge in [0.15, 0.2) is 5.82 Å². The van der Waals surface area contributed by atoms with Crippen molar-refractivity contribution in [2.24, 2.45) is 0 Å². The molecule has 0 unspecified atom stereocenters. The number of alkyl halides is 3. The van der Waals surface area contributed by atoms with Gasteiger partial charge in [-0.15, -0.1) is 10.2 Å². The molecule has 36 heavy (non-hydrogen) atoms. The smallest absolute Gasteiger partial charge is 0.306 e. The predicted molar refractivity (Wildman–Crippen MR) is 122 cm³/mol. The van der Waals surface area contributed by atoms with Crippen LogP contribution in [0, 0.1) is 12.7 Å². The standard InChI is InChI=1S/C24H21F4N7O/c1-13-8-17(25)16(9-20(13)34-10-19(29-11-34)15-6-7-15)23(36)32-21-5-3-4-18(31-21)22-33-30-12-35(22)14(2)24(26,27)28/h3-5,8-12,14-15H,6-7H2,1-2H3,(H,31,32,36)/t14-/m0/s1. The van der Waals surface area contributed by atoms with E-state index in [4.69, 9.17) is 0 Å². The van der Waals surface area contributed by atoms with Crippen molar-refractivity contribution < 1.29 is 22.4 Å². The Morgan fingerprint density at radius 3 is 2.69 bits per heavy atom. The number of pyridine rings is 1. The molecule has 4 aromatic rings. The van der Waals surface area contributed by atoms with Crippen molar-refractivity contribution in [2.75, 3.05) is 5.32 Å². The van der Waals surface area contributed by atoms with Gasteiger partial charge in [0.2, 0.25) is 0 Å². The average molecular weight is 499 g/mol. The minimum Gasteiger partial charge on any atom is -0.306 e. The quantitative estimate of drug-likeness (QED) is 0.367. The lowest BCUT2D eigenvalue weighted by atomic mass is 10.1. The van der Waals surface area contributed by atoms with Crippen molar-refractivity contribution in [1.82, 2.24) is 29.3 Å². The fourth-order valence-corrected chi connectivity index (χ4v) is 3.85. The number of carbonyl (C=O) groups excluding carboxylic acids is 1. The lowest BCUT2D eigenvalue weighted by Gasteiger charge is -2.18. The van der Waals surface area contributed by atoms with Crippen LogP contribution in [0.3, 0.4) is 0 Å². The number of imidazole rings is 1. The topological polar surface area (TPSA) is 90.5 Å². The van der Waals surface area contributed by atoms with Gasteiger partial charge in [-0.05, 0) is 56.5 Å². The minimum absolute atomic E-state index is 0.0203. The van der Waals surface area contributed by atoms with Gasteiger partial charge < -0.3 is 14.5 Å². The third-order valence-corrected chi connectivity index (χ3v) is 6.09. The summed E-state index contributed by atoms with van der Waals surface area (Å²) in [6.07, 6.45) is 2.14. The molecular formula is C24H21F4N7O. The number of carbonyl (C=O) groups is 1. The summed E-state index contributed by atoms with van der Waals surface area (Å²) < 4.78 is 57.0. The summed E-state index contributed by atoms with van der Waals surface area (Å²) in [4.78, 5) is 21.6. The van der Waals surface area contributed by atoms with E-state index in [1.807, 2.05) is 6.20 Å². The van der Waals surface area contributed by atoms with Gasteiger partial charge in [-0.2, -0.15) is 13.2 Å². The predicted octanol–water partition coefficient (Wildman–Crippen LogP) is 5.23. The monoisotopic (exact) mass is 499 g/mol. The van der Waals surface area contributed by atoms with E-state index in [1.165, 1.54) is 30.3 Å². The average Bonchev–Trinajstić information content (AvgIpc) is 3.35. The summed E-state index contributed by atoms with van der Waals surface area (Å²) in [6.45, 7) is 2.71. The zero-order valence-corrected chi connectivity index (χ0v) is 19.3. The second-order valence-electron chi connectivity index (χ2n) is 8.74. The molecule has 0 saturated heterocycles. The van der Waals surface area contributed by atoms with Gasteiger partial charge in [0.1, 0.15) is 29.7 Å². The number of hydrogen-bond donors (Lipinski definition) is 1. The Balaban J connectivity index is 1.41. The molecule has 1 N–H and O–H groups in total. The molecule has 8 nitrogen and oxygen atoms in total. The molecule has 1 atom stereocenters. The van der Waals surface area contributed by atoms with E-state index in [0.717, 1.165) is 36.4 Å². The summed E-state index contributed by atoms with van der Waals surface area (Å²) in [5.74, 6) is -1.13. The minimum atomic E-state index is -4.52. The number of nitrogens with zero attached hydrogens (tertiary/aromatic N) is 6. The lowest BCUT2D eigenvalue weighted by Crippen LogP contribution is -2.24. The van der Waals surface area contributed by atoms with Crippen molar-refractivity contribution in [1.29, 1.82) is 0 Å². The number of rotatable bonds is 6. The van der Waals surface area contributed by atoms with Crippen LogP contribution in [0.4, 0.5) is 23.4 Å². The zero-order chi connectivity index (χ0) is 25.6. The summed E-state index contributed by atoms with van der Waals surface area (Å²) in [7, 11) is 0. The van der Waals surface area contributed by atoms with Crippen LogP contribution in [0.25, 0.3) is 17.2 Å². The number of aromatic nitrogens is 6. The second-order valence-corrected chi connectivity index (χ2v) is 8.74. The summed E-state index contributed by atoms with van der Waals surface area (Å²) >= 11 is 0. The highest BCUT2D eigenvalue weighted by molar-refractivity contribution is 6.04. The van der Waals surface area contributed by atoms with Crippen molar-refractivity contribution in [2.45, 2.75) is 44.8 Å². The van der Waals surface area contributed by atoms with E-state index in [0.29, 0.717) is 17.2 Å². The second kappa shape index (κ2) is 8.85. The first-order valence-electron chi connectivity index (χ1n) is 11.2. The van der Waals surface area contributed by atoms with Crippen LogP contribution in [-0.2, 0) is 0 Å². The molecular weight excluding hydrogens is 478 g/mol. The molecule has 0 aliphatic heterocycles. The number of hydrogen-bond acceptors (Lipinski definition) is 5. The van der Waals surface area contributed by atoms with Crippen molar-refractivity contribution >= 4 is 11.7 Å². The first kappa shape index (κ1) is 23.6. The van der Waals surface area contributed by atoms with E-state index in [9.17, 15) is 22.4 Å². The van der Waals surface area contributed by atoms with Gasteiger partial charge in [0.05, 0.1) is 23.3 Å². The SMILES string of the molecule is Cc1cc(F)c(C(=O)Nc2cccc(-c3nncn3[C@@H](C)C(F)(F)F)n2)cc1-n1cnc(C2CC2)c1. The molecule has 3 aromatic heterocycles. The van der Waals surface area contributed by atoms with Crippen LogP contribution in [0.5, 0.6) is 0 Å². The summed E-state index contributed by atoms with van der Waals surface area (Å²) in [6, 6.07) is 5.21. The Kier molecular flexibility index (Phi) is 5.81. The molecule has 1 aliphatic rings. The maximum atomic E-state index is 14.8. The van der Waals surface area contributed by atoms with Gasteiger partial charge in [-0.25, -0.2) is 14.4 Å². The number of anilines is 1. The number of nitrogens with one attached hydrogen (secondary N) is 1. The fraction of sp³-hybridized carbons (Fsp3) is 0.292. The molecule has 12 heteroatoms.